The molecule has 0 atom stereocenters. The maximum atomic E-state index is 13.5. The molecule has 2 aromatic carbocycles. The van der Waals surface area contributed by atoms with Crippen LogP contribution in [0.5, 0.6) is 0 Å². The second-order valence-corrected chi connectivity index (χ2v) is 7.26. The van der Waals surface area contributed by atoms with Crippen LogP contribution < -0.4 is 5.32 Å². The molecule has 1 N–H and O–H groups in total. The number of rotatable bonds is 4. The van der Waals surface area contributed by atoms with Gasteiger partial charge in [-0.1, -0.05) is 30.7 Å². The number of aryl methyl sites for hydroxylation is 3. The molecule has 6 heteroatoms. The van der Waals surface area contributed by atoms with Crippen molar-refractivity contribution in [3.8, 4) is 11.3 Å². The lowest BCUT2D eigenvalue weighted by Gasteiger charge is -2.20. The highest BCUT2D eigenvalue weighted by molar-refractivity contribution is 6.30. The van der Waals surface area contributed by atoms with Crippen LogP contribution in [0.25, 0.3) is 11.3 Å². The van der Waals surface area contributed by atoms with E-state index in [0.29, 0.717) is 30.1 Å². The number of benzene rings is 2. The van der Waals surface area contributed by atoms with Gasteiger partial charge in [-0.05, 0) is 60.7 Å². The van der Waals surface area contributed by atoms with E-state index in [-0.39, 0.29) is 18.1 Å². The van der Waals surface area contributed by atoms with Gasteiger partial charge in [0.25, 0.3) is 0 Å². The molecular weight excluding hydrogens is 377 g/mol. The highest BCUT2D eigenvalue weighted by atomic mass is 35.5. The molecule has 4 rings (SSSR count). The minimum atomic E-state index is -0.239. The highest BCUT2D eigenvalue weighted by Gasteiger charge is 2.22. The highest BCUT2D eigenvalue weighted by Crippen LogP contribution is 2.33. The molecular formula is C22H19ClFN3O. The first-order chi connectivity index (χ1) is 13.5. The Labute approximate surface area is 167 Å². The number of amides is 1. The Kier molecular flexibility index (Phi) is 5.09. The smallest absolute Gasteiger partial charge is 0.229 e. The SMILES string of the molecule is CCc1nc2c(nc1NC(=O)Cc1ccc(Cl)cc1)CCc1cc(F)ccc1-2. The van der Waals surface area contributed by atoms with Crippen LogP contribution >= 0.6 is 11.6 Å². The summed E-state index contributed by atoms with van der Waals surface area (Å²) in [6.45, 7) is 1.97. The van der Waals surface area contributed by atoms with Gasteiger partial charge in [-0.2, -0.15) is 0 Å². The van der Waals surface area contributed by atoms with Gasteiger partial charge in [-0.3, -0.25) is 4.79 Å². The fourth-order valence-electron chi connectivity index (χ4n) is 3.46. The number of nitrogens with one attached hydrogen (secondary N) is 1. The van der Waals surface area contributed by atoms with Crippen molar-refractivity contribution in [2.45, 2.75) is 32.6 Å². The third kappa shape index (κ3) is 3.76. The number of fused-ring (bicyclic) bond motifs is 3. The van der Waals surface area contributed by atoms with E-state index in [0.717, 1.165) is 33.8 Å². The van der Waals surface area contributed by atoms with Crippen molar-refractivity contribution in [1.82, 2.24) is 9.97 Å². The molecule has 0 bridgehead atoms. The summed E-state index contributed by atoms with van der Waals surface area (Å²) in [5, 5.41) is 3.54. The zero-order chi connectivity index (χ0) is 19.7. The van der Waals surface area contributed by atoms with Crippen molar-refractivity contribution >= 4 is 23.3 Å². The first-order valence-corrected chi connectivity index (χ1v) is 9.64. The summed E-state index contributed by atoms with van der Waals surface area (Å²) in [5.41, 5.74) is 5.08. The third-order valence-corrected chi connectivity index (χ3v) is 5.12. The van der Waals surface area contributed by atoms with Gasteiger partial charge in [-0.25, -0.2) is 14.4 Å². The topological polar surface area (TPSA) is 54.9 Å². The predicted molar refractivity (Wildman–Crippen MR) is 108 cm³/mol. The predicted octanol–water partition coefficient (Wildman–Crippen LogP) is 4.78. The summed E-state index contributed by atoms with van der Waals surface area (Å²) in [7, 11) is 0. The molecule has 1 aliphatic rings. The molecule has 0 saturated carbocycles. The van der Waals surface area contributed by atoms with Crippen LogP contribution in [0.15, 0.2) is 42.5 Å². The average molecular weight is 396 g/mol. The molecule has 1 aromatic heterocycles. The van der Waals surface area contributed by atoms with Crippen LogP contribution in [0.2, 0.25) is 5.02 Å². The molecule has 1 aliphatic carbocycles. The van der Waals surface area contributed by atoms with E-state index in [1.165, 1.54) is 6.07 Å². The molecule has 0 radical (unpaired) electrons. The van der Waals surface area contributed by atoms with E-state index in [1.54, 1.807) is 24.3 Å². The van der Waals surface area contributed by atoms with Gasteiger partial charge < -0.3 is 5.32 Å². The summed E-state index contributed by atoms with van der Waals surface area (Å²) >= 11 is 5.89. The Morgan fingerprint density at radius 1 is 1.14 bits per heavy atom. The zero-order valence-electron chi connectivity index (χ0n) is 15.4. The molecule has 4 nitrogen and oxygen atoms in total. The molecule has 28 heavy (non-hydrogen) atoms. The van der Waals surface area contributed by atoms with Crippen molar-refractivity contribution in [3.05, 3.63) is 75.8 Å². The Morgan fingerprint density at radius 3 is 2.68 bits per heavy atom. The second-order valence-electron chi connectivity index (χ2n) is 6.82. The molecule has 0 unspecified atom stereocenters. The average Bonchev–Trinajstić information content (AvgIpc) is 2.68. The zero-order valence-corrected chi connectivity index (χ0v) is 16.2. The maximum Gasteiger partial charge on any atom is 0.229 e. The number of aromatic nitrogens is 2. The molecule has 1 amide bonds. The van der Waals surface area contributed by atoms with Gasteiger partial charge in [0.1, 0.15) is 5.82 Å². The van der Waals surface area contributed by atoms with Crippen molar-refractivity contribution in [2.24, 2.45) is 0 Å². The van der Waals surface area contributed by atoms with Gasteiger partial charge in [-0.15, -0.1) is 0 Å². The van der Waals surface area contributed by atoms with E-state index in [2.05, 4.69) is 5.32 Å². The standard InChI is InChI=1S/C22H19ClFN3O/c1-2-18-22(27-20(28)11-13-3-6-15(23)7-4-13)26-19-10-5-14-12-16(24)8-9-17(14)21(19)25-18/h3-4,6-9,12H,2,5,10-11H2,1H3,(H,26,27,28). The Bertz CT molecular complexity index is 1050. The van der Waals surface area contributed by atoms with Gasteiger partial charge in [0.05, 0.1) is 23.5 Å². The molecule has 0 spiro atoms. The Morgan fingerprint density at radius 2 is 1.93 bits per heavy atom. The molecule has 0 saturated heterocycles. The number of hydrogen-bond acceptors (Lipinski definition) is 3. The summed E-state index contributed by atoms with van der Waals surface area (Å²) in [6.07, 6.45) is 2.25. The first kappa shape index (κ1) is 18.6. The van der Waals surface area contributed by atoms with Gasteiger partial charge in [0.2, 0.25) is 5.91 Å². The summed E-state index contributed by atoms with van der Waals surface area (Å²) in [4.78, 5) is 21.9. The van der Waals surface area contributed by atoms with Crippen molar-refractivity contribution in [2.75, 3.05) is 5.32 Å². The number of nitrogens with zero attached hydrogens (tertiary/aromatic N) is 2. The second kappa shape index (κ2) is 7.68. The van der Waals surface area contributed by atoms with Crippen LogP contribution in [-0.2, 0) is 30.5 Å². The monoisotopic (exact) mass is 395 g/mol. The minimum Gasteiger partial charge on any atom is -0.309 e. The molecule has 142 valence electrons. The van der Waals surface area contributed by atoms with Crippen LogP contribution in [0.3, 0.4) is 0 Å². The van der Waals surface area contributed by atoms with E-state index >= 15 is 0 Å². The number of hydrogen-bond donors (Lipinski definition) is 1. The fraction of sp³-hybridized carbons (Fsp3) is 0.227. The van der Waals surface area contributed by atoms with Crippen molar-refractivity contribution in [1.29, 1.82) is 0 Å². The van der Waals surface area contributed by atoms with E-state index < -0.39 is 0 Å². The summed E-state index contributed by atoms with van der Waals surface area (Å²) in [6, 6.07) is 12.0. The Balaban J connectivity index is 1.61. The van der Waals surface area contributed by atoms with Crippen LogP contribution in [-0.4, -0.2) is 15.9 Å². The first-order valence-electron chi connectivity index (χ1n) is 9.26. The van der Waals surface area contributed by atoms with Gasteiger partial charge in [0, 0.05) is 10.6 Å². The molecule has 3 aromatic rings. The van der Waals surface area contributed by atoms with E-state index in [4.69, 9.17) is 21.6 Å². The Hall–Kier alpha value is -2.79. The molecule has 0 fully saturated rings. The van der Waals surface area contributed by atoms with Crippen molar-refractivity contribution < 1.29 is 9.18 Å². The quantitative estimate of drug-likeness (QED) is 0.691. The summed E-state index contributed by atoms with van der Waals surface area (Å²) in [5.74, 6) is 0.118. The molecule has 0 aliphatic heterocycles. The van der Waals surface area contributed by atoms with Crippen molar-refractivity contribution in [3.63, 3.8) is 0 Å². The fourth-order valence-corrected chi connectivity index (χ4v) is 3.58. The lowest BCUT2D eigenvalue weighted by Crippen LogP contribution is -2.19. The number of anilines is 1. The molecule has 1 heterocycles. The van der Waals surface area contributed by atoms with Crippen LogP contribution in [0.4, 0.5) is 10.2 Å². The summed E-state index contributed by atoms with van der Waals surface area (Å²) < 4.78 is 13.5. The van der Waals surface area contributed by atoms with Gasteiger partial charge in [0.15, 0.2) is 5.82 Å². The number of carbonyl (C=O) groups is 1. The minimum absolute atomic E-state index is 0.149. The number of halogens is 2. The number of carbonyl (C=O) groups excluding carboxylic acids is 1. The third-order valence-electron chi connectivity index (χ3n) is 4.86. The maximum absolute atomic E-state index is 13.5. The normalized spacial score (nSPS) is 12.2. The lowest BCUT2D eigenvalue weighted by atomic mass is 9.91. The largest absolute Gasteiger partial charge is 0.309 e. The van der Waals surface area contributed by atoms with Gasteiger partial charge >= 0.3 is 0 Å². The van der Waals surface area contributed by atoms with Crippen LogP contribution in [0, 0.1) is 5.82 Å². The van der Waals surface area contributed by atoms with Crippen LogP contribution in [0.1, 0.15) is 29.4 Å². The van der Waals surface area contributed by atoms with E-state index in [1.807, 2.05) is 19.1 Å². The van der Waals surface area contributed by atoms with E-state index in [9.17, 15) is 9.18 Å². The lowest BCUT2D eigenvalue weighted by molar-refractivity contribution is -0.115.